The smallest absolute Gasteiger partial charge is 0.262 e. The Morgan fingerprint density at radius 3 is 2.68 bits per heavy atom. The third kappa shape index (κ3) is 3.04. The molecule has 0 saturated carbocycles. The molecule has 0 radical (unpaired) electrons. The van der Waals surface area contributed by atoms with Gasteiger partial charge in [-0.3, -0.25) is 9.69 Å². The van der Waals surface area contributed by atoms with Crippen LogP contribution in [0.15, 0.2) is 41.3 Å². The first-order valence-electron chi connectivity index (χ1n) is 10.0. The van der Waals surface area contributed by atoms with Crippen molar-refractivity contribution in [2.75, 3.05) is 26.3 Å². The summed E-state index contributed by atoms with van der Waals surface area (Å²) >= 11 is 0. The van der Waals surface area contributed by atoms with Crippen LogP contribution >= 0.6 is 0 Å². The van der Waals surface area contributed by atoms with Crippen molar-refractivity contribution in [3.8, 4) is 0 Å². The van der Waals surface area contributed by atoms with Gasteiger partial charge in [0.05, 0.1) is 18.3 Å². The lowest BCUT2D eigenvalue weighted by atomic mass is 9.90. The summed E-state index contributed by atoms with van der Waals surface area (Å²) in [6, 6.07) is 10.9. The van der Waals surface area contributed by atoms with E-state index in [9.17, 15) is 4.79 Å². The number of nitrogens with zero attached hydrogens (tertiary/aromatic N) is 4. The molecule has 146 valence electrons. The predicted molar refractivity (Wildman–Crippen MR) is 106 cm³/mol. The lowest BCUT2D eigenvalue weighted by Crippen LogP contribution is -2.46. The van der Waals surface area contributed by atoms with Crippen LogP contribution in [0.25, 0.3) is 11.0 Å². The minimum absolute atomic E-state index is 0.0649. The lowest BCUT2D eigenvalue weighted by Gasteiger charge is -2.43. The van der Waals surface area contributed by atoms with E-state index in [0.717, 1.165) is 45.0 Å². The molecule has 3 aromatic rings. The maximum atomic E-state index is 12.6. The molecule has 2 aliphatic heterocycles. The highest BCUT2D eigenvalue weighted by Crippen LogP contribution is 2.33. The van der Waals surface area contributed by atoms with E-state index in [2.05, 4.69) is 46.2 Å². The largest absolute Gasteiger partial charge is 0.381 e. The van der Waals surface area contributed by atoms with Crippen molar-refractivity contribution >= 4 is 11.0 Å². The van der Waals surface area contributed by atoms with Crippen LogP contribution in [0.5, 0.6) is 0 Å². The summed E-state index contributed by atoms with van der Waals surface area (Å²) in [6.45, 7) is 5.53. The second-order valence-electron chi connectivity index (χ2n) is 7.86. The highest BCUT2D eigenvalue weighted by atomic mass is 16.5. The van der Waals surface area contributed by atoms with Crippen molar-refractivity contribution in [1.82, 2.24) is 24.6 Å². The first-order valence-corrected chi connectivity index (χ1v) is 10.0. The van der Waals surface area contributed by atoms with Gasteiger partial charge in [-0.05, 0) is 25.3 Å². The van der Waals surface area contributed by atoms with Gasteiger partial charge in [0.1, 0.15) is 11.2 Å². The Hall–Kier alpha value is -2.51. The van der Waals surface area contributed by atoms with Gasteiger partial charge in [-0.15, -0.1) is 0 Å². The summed E-state index contributed by atoms with van der Waals surface area (Å²) in [5, 5.41) is 5.04. The first kappa shape index (κ1) is 17.6. The van der Waals surface area contributed by atoms with Crippen molar-refractivity contribution in [2.45, 2.75) is 37.8 Å². The molecule has 5 rings (SSSR count). The second-order valence-corrected chi connectivity index (χ2v) is 7.86. The van der Waals surface area contributed by atoms with E-state index in [-0.39, 0.29) is 17.6 Å². The molecule has 1 atom stereocenters. The van der Waals surface area contributed by atoms with E-state index in [4.69, 9.17) is 9.72 Å². The molecule has 1 aromatic carbocycles. The standard InChI is InChI=1S/C21H25N5O2/c1-14(25-12-16(13-25)15-5-3-2-4-6-15)19-23-20-18(21(27)24-19)11-22-26(20)17-7-9-28-10-8-17/h2-6,11,14,16-17H,7-10,12-13H2,1H3,(H,23,24,27). The van der Waals surface area contributed by atoms with Crippen LogP contribution in [0.3, 0.4) is 0 Å². The van der Waals surface area contributed by atoms with Crippen molar-refractivity contribution in [3.63, 3.8) is 0 Å². The SMILES string of the molecule is CC(c1nc2c(cnn2C2CCOCC2)c(=O)[nH]1)N1CC(c2ccccc2)C1. The highest BCUT2D eigenvalue weighted by Gasteiger charge is 2.33. The molecule has 7 nitrogen and oxygen atoms in total. The topological polar surface area (TPSA) is 76.0 Å². The van der Waals surface area contributed by atoms with E-state index < -0.39 is 0 Å². The minimum Gasteiger partial charge on any atom is -0.381 e. The van der Waals surface area contributed by atoms with Gasteiger partial charge in [0.15, 0.2) is 5.65 Å². The Labute approximate surface area is 163 Å². The molecule has 0 spiro atoms. The van der Waals surface area contributed by atoms with Gasteiger partial charge in [-0.2, -0.15) is 5.10 Å². The maximum Gasteiger partial charge on any atom is 0.262 e. The maximum absolute atomic E-state index is 12.6. The molecule has 4 heterocycles. The summed E-state index contributed by atoms with van der Waals surface area (Å²) < 4.78 is 7.38. The number of H-pyrrole nitrogens is 1. The monoisotopic (exact) mass is 379 g/mol. The molecule has 28 heavy (non-hydrogen) atoms. The Morgan fingerprint density at radius 2 is 1.93 bits per heavy atom. The summed E-state index contributed by atoms with van der Waals surface area (Å²) in [5.41, 5.74) is 1.96. The zero-order valence-corrected chi connectivity index (χ0v) is 16.0. The van der Waals surface area contributed by atoms with Crippen LogP contribution in [0.2, 0.25) is 0 Å². The molecular weight excluding hydrogens is 354 g/mol. The molecule has 2 fully saturated rings. The normalized spacial score (nSPS) is 20.3. The Morgan fingerprint density at radius 1 is 1.18 bits per heavy atom. The molecule has 2 aromatic heterocycles. The third-order valence-electron chi connectivity index (χ3n) is 6.14. The Kier molecular flexibility index (Phi) is 4.49. The van der Waals surface area contributed by atoms with Gasteiger partial charge in [0, 0.05) is 32.2 Å². The molecule has 2 saturated heterocycles. The van der Waals surface area contributed by atoms with Gasteiger partial charge < -0.3 is 9.72 Å². The number of likely N-dealkylation sites (tertiary alicyclic amines) is 1. The molecule has 1 N–H and O–H groups in total. The van der Waals surface area contributed by atoms with Gasteiger partial charge in [-0.1, -0.05) is 30.3 Å². The van der Waals surface area contributed by atoms with Gasteiger partial charge in [0.25, 0.3) is 5.56 Å². The number of aromatic nitrogens is 4. The van der Waals surface area contributed by atoms with Crippen LogP contribution in [0, 0.1) is 0 Å². The fourth-order valence-electron chi connectivity index (χ4n) is 4.29. The van der Waals surface area contributed by atoms with E-state index in [1.807, 2.05) is 10.7 Å². The lowest BCUT2D eigenvalue weighted by molar-refractivity contribution is 0.0672. The molecule has 0 aliphatic carbocycles. The number of benzene rings is 1. The fourth-order valence-corrected chi connectivity index (χ4v) is 4.29. The van der Waals surface area contributed by atoms with Crippen molar-refractivity contribution < 1.29 is 4.74 Å². The van der Waals surface area contributed by atoms with E-state index in [0.29, 0.717) is 17.0 Å². The molecule has 0 amide bonds. The summed E-state index contributed by atoms with van der Waals surface area (Å²) in [4.78, 5) is 22.8. The van der Waals surface area contributed by atoms with Crippen LogP contribution in [-0.4, -0.2) is 51.0 Å². The van der Waals surface area contributed by atoms with E-state index >= 15 is 0 Å². The second kappa shape index (κ2) is 7.14. The average molecular weight is 379 g/mol. The van der Waals surface area contributed by atoms with E-state index in [1.165, 1.54) is 5.56 Å². The number of nitrogens with one attached hydrogen (secondary N) is 1. The number of ether oxygens (including phenoxy) is 1. The van der Waals surface area contributed by atoms with Crippen molar-refractivity contribution in [2.24, 2.45) is 0 Å². The zero-order valence-electron chi connectivity index (χ0n) is 16.0. The fraction of sp³-hybridized carbons (Fsp3) is 0.476. The highest BCUT2D eigenvalue weighted by molar-refractivity contribution is 5.73. The molecule has 1 unspecified atom stereocenters. The third-order valence-corrected chi connectivity index (χ3v) is 6.14. The van der Waals surface area contributed by atoms with Crippen LogP contribution in [0.1, 0.15) is 49.2 Å². The predicted octanol–water partition coefficient (Wildman–Crippen LogP) is 2.63. The van der Waals surface area contributed by atoms with Gasteiger partial charge in [0.2, 0.25) is 0 Å². The summed E-state index contributed by atoms with van der Waals surface area (Å²) in [6.07, 6.45) is 3.45. The van der Waals surface area contributed by atoms with Crippen LogP contribution in [0.4, 0.5) is 0 Å². The number of hydrogen-bond donors (Lipinski definition) is 1. The number of aromatic amines is 1. The Balaban J connectivity index is 1.39. The van der Waals surface area contributed by atoms with Crippen molar-refractivity contribution in [1.29, 1.82) is 0 Å². The number of rotatable bonds is 4. The Bertz CT molecular complexity index is 1020. The molecule has 2 aliphatic rings. The van der Waals surface area contributed by atoms with Crippen LogP contribution in [-0.2, 0) is 4.74 Å². The molecular formula is C21H25N5O2. The summed E-state index contributed by atoms with van der Waals surface area (Å²) in [7, 11) is 0. The number of fused-ring (bicyclic) bond motifs is 1. The first-order chi connectivity index (χ1) is 13.7. The number of hydrogen-bond acceptors (Lipinski definition) is 5. The molecule has 0 bridgehead atoms. The average Bonchev–Trinajstić information content (AvgIpc) is 3.13. The zero-order chi connectivity index (χ0) is 19.1. The molecule has 7 heteroatoms. The minimum atomic E-state index is -0.106. The summed E-state index contributed by atoms with van der Waals surface area (Å²) in [5.74, 6) is 1.27. The van der Waals surface area contributed by atoms with Crippen molar-refractivity contribution in [3.05, 3.63) is 58.3 Å². The van der Waals surface area contributed by atoms with Gasteiger partial charge in [-0.25, -0.2) is 9.67 Å². The van der Waals surface area contributed by atoms with Crippen LogP contribution < -0.4 is 5.56 Å². The van der Waals surface area contributed by atoms with Gasteiger partial charge >= 0.3 is 0 Å². The van der Waals surface area contributed by atoms with E-state index in [1.54, 1.807) is 6.20 Å². The quantitative estimate of drug-likeness (QED) is 0.754.